The highest BCUT2D eigenvalue weighted by Gasteiger charge is 2.24. The monoisotopic (exact) mass is 418 g/mol. The maximum Gasteiger partial charge on any atom is 0.167 e. The number of hydrogen-bond donors (Lipinski definition) is 0. The molecule has 0 N–H and O–H groups in total. The summed E-state index contributed by atoms with van der Waals surface area (Å²) in [5, 5.41) is 0. The Morgan fingerprint density at radius 2 is 1.67 bits per heavy atom. The van der Waals surface area contributed by atoms with Gasteiger partial charge in [-0.2, -0.15) is 0 Å². The summed E-state index contributed by atoms with van der Waals surface area (Å²) in [5.74, 6) is -2.18. The molecule has 0 aromatic heterocycles. The Balaban J connectivity index is 1.73. The zero-order chi connectivity index (χ0) is 21.5. The van der Waals surface area contributed by atoms with Crippen molar-refractivity contribution < 1.29 is 17.9 Å². The lowest BCUT2D eigenvalue weighted by Gasteiger charge is -2.29. The van der Waals surface area contributed by atoms with Gasteiger partial charge in [0, 0.05) is 17.0 Å². The first-order chi connectivity index (χ1) is 14.5. The van der Waals surface area contributed by atoms with Gasteiger partial charge in [-0.15, -0.1) is 0 Å². The topological polar surface area (TPSA) is 9.23 Å². The van der Waals surface area contributed by atoms with Crippen LogP contribution < -0.4 is 0 Å². The molecule has 2 aromatic rings. The normalized spacial score (nSPS) is 19.2. The van der Waals surface area contributed by atoms with E-state index in [1.807, 2.05) is 6.07 Å². The molecular weight excluding hydrogens is 385 g/mol. The van der Waals surface area contributed by atoms with Crippen molar-refractivity contribution in [2.24, 2.45) is 0 Å². The zero-order valence-corrected chi connectivity index (χ0v) is 18.2. The summed E-state index contributed by atoms with van der Waals surface area (Å²) in [5.41, 5.74) is 1.31. The Hall–Kier alpha value is -1.81. The second-order valence-corrected chi connectivity index (χ2v) is 8.47. The van der Waals surface area contributed by atoms with Crippen molar-refractivity contribution in [3.05, 3.63) is 58.9 Å². The van der Waals surface area contributed by atoms with Gasteiger partial charge in [0.05, 0.1) is 12.7 Å². The third kappa shape index (κ3) is 5.46. The van der Waals surface area contributed by atoms with Crippen molar-refractivity contribution in [1.29, 1.82) is 0 Å². The smallest absolute Gasteiger partial charge is 0.167 e. The molecule has 1 aliphatic rings. The number of halogens is 3. The van der Waals surface area contributed by atoms with Crippen LogP contribution in [0.15, 0.2) is 30.3 Å². The van der Waals surface area contributed by atoms with Crippen molar-refractivity contribution >= 4 is 0 Å². The van der Waals surface area contributed by atoms with Crippen LogP contribution in [-0.4, -0.2) is 12.7 Å². The molecule has 1 aliphatic heterocycles. The Bertz CT molecular complexity index is 825. The first-order valence-corrected chi connectivity index (χ1v) is 11.4. The van der Waals surface area contributed by atoms with Gasteiger partial charge in [0.1, 0.15) is 5.82 Å². The number of benzene rings is 2. The summed E-state index contributed by atoms with van der Waals surface area (Å²) < 4.78 is 50.0. The lowest BCUT2D eigenvalue weighted by Crippen LogP contribution is -2.24. The molecule has 1 fully saturated rings. The first-order valence-electron chi connectivity index (χ1n) is 11.4. The van der Waals surface area contributed by atoms with Gasteiger partial charge in [0.2, 0.25) is 0 Å². The minimum Gasteiger partial charge on any atom is -0.378 e. The quantitative estimate of drug-likeness (QED) is 0.375. The van der Waals surface area contributed by atoms with Gasteiger partial charge in [-0.05, 0) is 49.3 Å². The molecule has 0 bridgehead atoms. The highest BCUT2D eigenvalue weighted by molar-refractivity contribution is 5.66. The third-order valence-corrected chi connectivity index (χ3v) is 6.20. The highest BCUT2D eigenvalue weighted by atomic mass is 19.2. The van der Waals surface area contributed by atoms with Crippen LogP contribution in [-0.2, 0) is 11.2 Å². The maximum absolute atomic E-state index is 14.9. The summed E-state index contributed by atoms with van der Waals surface area (Å²) in [6.07, 6.45) is 8.90. The SMILES string of the molecule is CCCCCCc1ccc(-c2ccc(C3CCC(CCC)OC3)cc2F)c(F)c1F. The summed E-state index contributed by atoms with van der Waals surface area (Å²) >= 11 is 0. The molecule has 1 heterocycles. The molecule has 30 heavy (non-hydrogen) atoms. The molecule has 3 rings (SSSR count). The Morgan fingerprint density at radius 3 is 2.33 bits per heavy atom. The fourth-order valence-electron chi connectivity index (χ4n) is 4.36. The predicted octanol–water partition coefficient (Wildman–Crippen LogP) is 7.96. The zero-order valence-electron chi connectivity index (χ0n) is 18.2. The predicted molar refractivity (Wildman–Crippen MR) is 116 cm³/mol. The summed E-state index contributed by atoms with van der Waals surface area (Å²) in [6, 6.07) is 7.95. The molecule has 1 nitrogen and oxygen atoms in total. The van der Waals surface area contributed by atoms with E-state index in [-0.39, 0.29) is 17.0 Å². The second-order valence-electron chi connectivity index (χ2n) is 8.47. The van der Waals surface area contributed by atoms with Gasteiger partial charge in [0.25, 0.3) is 0 Å². The average Bonchev–Trinajstić information content (AvgIpc) is 2.75. The van der Waals surface area contributed by atoms with E-state index in [4.69, 9.17) is 4.74 Å². The van der Waals surface area contributed by atoms with Crippen LogP contribution in [0.1, 0.15) is 82.3 Å². The van der Waals surface area contributed by atoms with E-state index in [0.29, 0.717) is 24.7 Å². The van der Waals surface area contributed by atoms with Gasteiger partial charge < -0.3 is 4.74 Å². The van der Waals surface area contributed by atoms with E-state index in [9.17, 15) is 13.2 Å². The largest absolute Gasteiger partial charge is 0.378 e. The molecule has 0 amide bonds. The van der Waals surface area contributed by atoms with E-state index in [0.717, 1.165) is 56.9 Å². The van der Waals surface area contributed by atoms with E-state index in [2.05, 4.69) is 13.8 Å². The second kappa shape index (κ2) is 11.0. The lowest BCUT2D eigenvalue weighted by atomic mass is 9.89. The molecule has 2 atom stereocenters. The van der Waals surface area contributed by atoms with Crippen LogP contribution in [0.2, 0.25) is 0 Å². The summed E-state index contributed by atoms with van der Waals surface area (Å²) in [4.78, 5) is 0. The highest BCUT2D eigenvalue weighted by Crippen LogP contribution is 2.34. The average molecular weight is 419 g/mol. The lowest BCUT2D eigenvalue weighted by molar-refractivity contribution is -0.00115. The molecule has 0 radical (unpaired) electrons. The molecule has 2 aromatic carbocycles. The van der Waals surface area contributed by atoms with Crippen molar-refractivity contribution in [3.8, 4) is 11.1 Å². The summed E-state index contributed by atoms with van der Waals surface area (Å²) in [7, 11) is 0. The van der Waals surface area contributed by atoms with Gasteiger partial charge >= 0.3 is 0 Å². The van der Waals surface area contributed by atoms with Gasteiger partial charge in [-0.3, -0.25) is 0 Å². The molecule has 0 aliphatic carbocycles. The molecule has 0 spiro atoms. The number of unbranched alkanes of at least 4 members (excludes halogenated alkanes) is 3. The Labute approximate surface area is 178 Å². The minimum absolute atomic E-state index is 0.0169. The van der Waals surface area contributed by atoms with Gasteiger partial charge in [-0.1, -0.05) is 63.8 Å². The van der Waals surface area contributed by atoms with Crippen LogP contribution in [0, 0.1) is 17.5 Å². The standard InChI is InChI=1S/C26H33F3O/c1-3-5-6-7-9-18-11-15-23(26(29)25(18)28)22-14-12-19(16-24(22)27)20-10-13-21(8-4-2)30-17-20/h11-12,14-16,20-21H,3-10,13,17H2,1-2H3. The van der Waals surface area contributed by atoms with E-state index < -0.39 is 17.5 Å². The number of aryl methyl sites for hydroxylation is 1. The molecule has 4 heteroatoms. The van der Waals surface area contributed by atoms with Crippen LogP contribution >= 0.6 is 0 Å². The maximum atomic E-state index is 14.9. The van der Waals surface area contributed by atoms with Crippen LogP contribution in [0.5, 0.6) is 0 Å². The van der Waals surface area contributed by atoms with Crippen LogP contribution in [0.3, 0.4) is 0 Å². The molecule has 0 saturated carbocycles. The van der Waals surface area contributed by atoms with E-state index >= 15 is 0 Å². The number of hydrogen-bond acceptors (Lipinski definition) is 1. The first kappa shape index (κ1) is 22.9. The van der Waals surface area contributed by atoms with Crippen LogP contribution in [0.25, 0.3) is 11.1 Å². The van der Waals surface area contributed by atoms with Crippen molar-refractivity contribution in [2.75, 3.05) is 6.61 Å². The summed E-state index contributed by atoms with van der Waals surface area (Å²) in [6.45, 7) is 4.84. The van der Waals surface area contributed by atoms with Crippen molar-refractivity contribution in [3.63, 3.8) is 0 Å². The van der Waals surface area contributed by atoms with E-state index in [1.165, 1.54) is 12.1 Å². The van der Waals surface area contributed by atoms with Gasteiger partial charge in [-0.25, -0.2) is 13.2 Å². The fourth-order valence-corrected chi connectivity index (χ4v) is 4.36. The molecule has 1 saturated heterocycles. The van der Waals surface area contributed by atoms with E-state index in [1.54, 1.807) is 12.1 Å². The Kier molecular flexibility index (Phi) is 8.38. The Morgan fingerprint density at radius 1 is 0.867 bits per heavy atom. The van der Waals surface area contributed by atoms with Crippen molar-refractivity contribution in [1.82, 2.24) is 0 Å². The minimum atomic E-state index is -0.960. The fraction of sp³-hybridized carbons (Fsp3) is 0.538. The van der Waals surface area contributed by atoms with Crippen LogP contribution in [0.4, 0.5) is 13.2 Å². The van der Waals surface area contributed by atoms with Crippen molar-refractivity contribution in [2.45, 2.75) is 83.7 Å². The van der Waals surface area contributed by atoms with Gasteiger partial charge in [0.15, 0.2) is 11.6 Å². The molecular formula is C26H33F3O. The third-order valence-electron chi connectivity index (χ3n) is 6.20. The molecule has 164 valence electrons. The molecule has 2 unspecified atom stereocenters. The number of ether oxygens (including phenoxy) is 1. The number of rotatable bonds is 9.